The van der Waals surface area contributed by atoms with Gasteiger partial charge in [-0.2, -0.15) is 0 Å². The molecule has 0 bridgehead atoms. The molecule has 2 amide bonds. The van der Waals surface area contributed by atoms with E-state index >= 15 is 0 Å². The lowest BCUT2D eigenvalue weighted by Crippen LogP contribution is -2.39. The van der Waals surface area contributed by atoms with E-state index in [1.165, 1.54) is 12.1 Å². The number of amides is 2. The van der Waals surface area contributed by atoms with Crippen LogP contribution in [0.4, 0.5) is 4.39 Å². The van der Waals surface area contributed by atoms with Crippen molar-refractivity contribution in [3.8, 4) is 0 Å². The van der Waals surface area contributed by atoms with Gasteiger partial charge in [0, 0.05) is 6.42 Å². The Morgan fingerprint density at radius 3 is 2.57 bits per heavy atom. The Labute approximate surface area is 138 Å². The molecule has 1 rings (SSSR count). The summed E-state index contributed by atoms with van der Waals surface area (Å²) in [6.45, 7) is 1.56. The van der Waals surface area contributed by atoms with E-state index in [9.17, 15) is 18.8 Å². The van der Waals surface area contributed by atoms with E-state index in [2.05, 4.69) is 10.6 Å². The summed E-state index contributed by atoms with van der Waals surface area (Å²) < 4.78 is 13.5. The second kappa shape index (κ2) is 9.09. The lowest BCUT2D eigenvalue weighted by atomic mass is 10.0. The quantitative estimate of drug-likeness (QED) is 0.672. The normalized spacial score (nSPS) is 11.6. The molecule has 8 heteroatoms. The summed E-state index contributed by atoms with van der Waals surface area (Å²) in [6, 6.07) is 2.88. The fourth-order valence-corrected chi connectivity index (χ4v) is 2.01. The number of benzene rings is 1. The molecule has 126 valence electrons. The molecule has 1 atom stereocenters. The van der Waals surface area contributed by atoms with Gasteiger partial charge >= 0.3 is 5.97 Å². The molecule has 6 nitrogen and oxygen atoms in total. The van der Waals surface area contributed by atoms with Crippen LogP contribution in [0.2, 0.25) is 5.02 Å². The summed E-state index contributed by atoms with van der Waals surface area (Å²) in [6.07, 6.45) is 0.531. The van der Waals surface area contributed by atoms with E-state index in [4.69, 9.17) is 16.7 Å². The second-order valence-electron chi connectivity index (χ2n) is 4.92. The lowest BCUT2D eigenvalue weighted by molar-refractivity contribution is -0.138. The zero-order valence-electron chi connectivity index (χ0n) is 12.6. The molecule has 1 unspecified atom stereocenters. The number of carbonyl (C=O) groups excluding carboxylic acids is 2. The lowest BCUT2D eigenvalue weighted by Gasteiger charge is -2.18. The van der Waals surface area contributed by atoms with Crippen LogP contribution in [0.25, 0.3) is 0 Å². The number of nitrogens with one attached hydrogen (secondary N) is 2. The summed E-state index contributed by atoms with van der Waals surface area (Å²) in [4.78, 5) is 34.1. The zero-order valence-corrected chi connectivity index (χ0v) is 13.3. The highest BCUT2D eigenvalue weighted by molar-refractivity contribution is 6.30. The Hall–Kier alpha value is -2.15. The molecule has 0 aliphatic carbocycles. The maximum Gasteiger partial charge on any atom is 0.305 e. The molecule has 0 saturated heterocycles. The van der Waals surface area contributed by atoms with Crippen molar-refractivity contribution in [2.24, 2.45) is 0 Å². The van der Waals surface area contributed by atoms with Crippen LogP contribution in [0.15, 0.2) is 18.2 Å². The number of carboxylic acids is 1. The first-order valence-electron chi connectivity index (χ1n) is 7.06. The van der Waals surface area contributed by atoms with E-state index in [0.717, 1.165) is 6.07 Å². The first kappa shape index (κ1) is 18.9. The number of hydrogen-bond acceptors (Lipinski definition) is 3. The molecule has 0 saturated carbocycles. The minimum absolute atomic E-state index is 0.0963. The Kier molecular flexibility index (Phi) is 7.47. The van der Waals surface area contributed by atoms with Gasteiger partial charge in [0.15, 0.2) is 0 Å². The summed E-state index contributed by atoms with van der Waals surface area (Å²) in [5.41, 5.74) is 0.280. The van der Waals surface area contributed by atoms with Crippen LogP contribution in [0.3, 0.4) is 0 Å². The molecule has 0 heterocycles. The highest BCUT2D eigenvalue weighted by atomic mass is 35.5. The van der Waals surface area contributed by atoms with Crippen LogP contribution < -0.4 is 10.6 Å². The fraction of sp³-hybridized carbons (Fsp3) is 0.400. The summed E-state index contributed by atoms with van der Waals surface area (Å²) in [7, 11) is 0. The van der Waals surface area contributed by atoms with Gasteiger partial charge in [-0.05, 0) is 24.1 Å². The van der Waals surface area contributed by atoms with Crippen molar-refractivity contribution in [1.82, 2.24) is 10.6 Å². The van der Waals surface area contributed by atoms with Gasteiger partial charge in [0.05, 0.1) is 24.0 Å². The van der Waals surface area contributed by atoms with Crippen LogP contribution in [-0.2, 0) is 14.4 Å². The summed E-state index contributed by atoms with van der Waals surface area (Å²) >= 11 is 5.58. The van der Waals surface area contributed by atoms with Gasteiger partial charge < -0.3 is 15.7 Å². The average Bonchev–Trinajstić information content (AvgIpc) is 2.47. The highest BCUT2D eigenvalue weighted by Crippen LogP contribution is 2.22. The van der Waals surface area contributed by atoms with Crippen molar-refractivity contribution >= 4 is 29.4 Å². The SMILES string of the molecule is CCCC(=O)NCC(=O)NC(CC(=O)O)c1ccc(Cl)c(F)c1. The number of carbonyl (C=O) groups is 3. The van der Waals surface area contributed by atoms with Gasteiger partial charge in [-0.1, -0.05) is 24.6 Å². The van der Waals surface area contributed by atoms with E-state index in [1.807, 2.05) is 6.92 Å². The minimum Gasteiger partial charge on any atom is -0.481 e. The van der Waals surface area contributed by atoms with Gasteiger partial charge in [0.25, 0.3) is 0 Å². The number of hydrogen-bond donors (Lipinski definition) is 3. The smallest absolute Gasteiger partial charge is 0.305 e. The van der Waals surface area contributed by atoms with Crippen molar-refractivity contribution in [2.45, 2.75) is 32.2 Å². The molecular formula is C15H18ClFN2O4. The third-order valence-corrected chi connectivity index (χ3v) is 3.29. The van der Waals surface area contributed by atoms with Crippen molar-refractivity contribution < 1.29 is 23.9 Å². The van der Waals surface area contributed by atoms with Crippen LogP contribution in [0.1, 0.15) is 37.8 Å². The standard InChI is InChI=1S/C15H18ClFN2O4/c1-2-3-13(20)18-8-14(21)19-12(7-15(22)23)9-4-5-10(16)11(17)6-9/h4-6,12H,2-3,7-8H2,1H3,(H,18,20)(H,19,21)(H,22,23). The van der Waals surface area contributed by atoms with E-state index < -0.39 is 30.2 Å². The van der Waals surface area contributed by atoms with Crippen molar-refractivity contribution in [3.63, 3.8) is 0 Å². The highest BCUT2D eigenvalue weighted by Gasteiger charge is 2.19. The van der Waals surface area contributed by atoms with Gasteiger partial charge in [0.1, 0.15) is 5.82 Å². The zero-order chi connectivity index (χ0) is 17.4. The topological polar surface area (TPSA) is 95.5 Å². The molecular weight excluding hydrogens is 327 g/mol. The van der Waals surface area contributed by atoms with Crippen LogP contribution >= 0.6 is 11.6 Å². The Balaban J connectivity index is 2.74. The Morgan fingerprint density at radius 1 is 1.30 bits per heavy atom. The number of halogens is 2. The molecule has 0 fully saturated rings. The molecule has 0 spiro atoms. The van der Waals surface area contributed by atoms with Gasteiger partial charge in [-0.3, -0.25) is 14.4 Å². The van der Waals surface area contributed by atoms with E-state index in [0.29, 0.717) is 12.8 Å². The Bertz CT molecular complexity index is 595. The molecule has 0 aromatic heterocycles. The molecule has 23 heavy (non-hydrogen) atoms. The summed E-state index contributed by atoms with van der Waals surface area (Å²) in [5, 5.41) is 13.7. The van der Waals surface area contributed by atoms with Crippen molar-refractivity contribution in [3.05, 3.63) is 34.6 Å². The maximum atomic E-state index is 13.5. The average molecular weight is 345 g/mol. The third kappa shape index (κ3) is 6.65. The van der Waals surface area contributed by atoms with Crippen LogP contribution in [0, 0.1) is 5.82 Å². The van der Waals surface area contributed by atoms with E-state index in [-0.39, 0.29) is 23.0 Å². The molecule has 1 aromatic rings. The van der Waals surface area contributed by atoms with Gasteiger partial charge in [0.2, 0.25) is 11.8 Å². The first-order valence-corrected chi connectivity index (χ1v) is 7.44. The molecule has 0 radical (unpaired) electrons. The second-order valence-corrected chi connectivity index (χ2v) is 5.33. The number of aliphatic carboxylic acids is 1. The number of carboxylic acid groups (broad SMARTS) is 1. The monoisotopic (exact) mass is 344 g/mol. The molecule has 1 aromatic carbocycles. The first-order chi connectivity index (χ1) is 10.8. The third-order valence-electron chi connectivity index (χ3n) is 2.98. The van der Waals surface area contributed by atoms with Gasteiger partial charge in [-0.25, -0.2) is 4.39 Å². The molecule has 0 aliphatic heterocycles. The minimum atomic E-state index is -1.15. The van der Waals surface area contributed by atoms with Crippen molar-refractivity contribution in [1.29, 1.82) is 0 Å². The van der Waals surface area contributed by atoms with E-state index in [1.54, 1.807) is 0 Å². The molecule has 3 N–H and O–H groups in total. The predicted molar refractivity (Wildman–Crippen MR) is 82.5 cm³/mol. The van der Waals surface area contributed by atoms with Gasteiger partial charge in [-0.15, -0.1) is 0 Å². The van der Waals surface area contributed by atoms with Crippen LogP contribution in [0.5, 0.6) is 0 Å². The largest absolute Gasteiger partial charge is 0.481 e. The summed E-state index contributed by atoms with van der Waals surface area (Å²) in [5.74, 6) is -2.68. The molecule has 0 aliphatic rings. The maximum absolute atomic E-state index is 13.5. The fourth-order valence-electron chi connectivity index (χ4n) is 1.90. The number of rotatable bonds is 8. The van der Waals surface area contributed by atoms with Crippen LogP contribution in [-0.4, -0.2) is 29.4 Å². The Morgan fingerprint density at radius 2 is 2.00 bits per heavy atom. The van der Waals surface area contributed by atoms with Crippen molar-refractivity contribution in [2.75, 3.05) is 6.54 Å². The predicted octanol–water partition coefficient (Wildman–Crippen LogP) is 2.03.